The third kappa shape index (κ3) is 8.96. The van der Waals surface area contributed by atoms with Gasteiger partial charge in [0.25, 0.3) is 0 Å². The van der Waals surface area contributed by atoms with Crippen molar-refractivity contribution in [3.63, 3.8) is 0 Å². The molecule has 0 radical (unpaired) electrons. The predicted octanol–water partition coefficient (Wildman–Crippen LogP) is 4.58. The number of amides is 2. The molecular weight excluding hydrogens is 536 g/mol. The lowest BCUT2D eigenvalue weighted by molar-refractivity contribution is -0.136. The molecule has 2 aliphatic heterocycles. The first kappa shape index (κ1) is 30.4. The van der Waals surface area contributed by atoms with Crippen molar-refractivity contribution >= 4 is 33.8 Å². The summed E-state index contributed by atoms with van der Waals surface area (Å²) in [5.41, 5.74) is 0. The van der Waals surface area contributed by atoms with Crippen LogP contribution in [0.2, 0.25) is 0 Å². The molecule has 1 saturated heterocycles. The Morgan fingerprint density at radius 2 is 1.62 bits per heavy atom. The van der Waals surface area contributed by atoms with Gasteiger partial charge in [0.2, 0.25) is 10.0 Å². The van der Waals surface area contributed by atoms with Crippen molar-refractivity contribution < 1.29 is 23.1 Å². The Labute approximate surface area is 238 Å². The average Bonchev–Trinajstić information content (AvgIpc) is 3.14. The highest BCUT2D eigenvalue weighted by atomic mass is 32.2. The number of nitrogens with zero attached hydrogens (tertiary/aromatic N) is 3. The van der Waals surface area contributed by atoms with Crippen molar-refractivity contribution in [2.45, 2.75) is 96.1 Å². The number of nitrogens with one attached hydrogen (secondary N) is 1. The van der Waals surface area contributed by atoms with Gasteiger partial charge in [0.05, 0.1) is 17.2 Å². The number of piperazine rings is 1. The van der Waals surface area contributed by atoms with E-state index < -0.39 is 16.0 Å². The fourth-order valence-electron chi connectivity index (χ4n) is 6.27. The monoisotopic (exact) mass is 582 g/mol. The number of urea groups is 1. The van der Waals surface area contributed by atoms with E-state index in [0.29, 0.717) is 44.8 Å². The van der Waals surface area contributed by atoms with Gasteiger partial charge >= 0.3 is 12.0 Å². The summed E-state index contributed by atoms with van der Waals surface area (Å²) < 4.78 is 26.3. The quantitative estimate of drug-likeness (QED) is 0.409. The molecule has 0 spiro atoms. The Morgan fingerprint density at radius 3 is 2.28 bits per heavy atom. The van der Waals surface area contributed by atoms with Crippen LogP contribution >= 0.6 is 11.8 Å². The zero-order valence-electron chi connectivity index (χ0n) is 23.4. The molecule has 2 saturated carbocycles. The molecule has 9 nitrogen and oxygen atoms in total. The van der Waals surface area contributed by atoms with Crippen LogP contribution in [0.4, 0.5) is 4.79 Å². The Hall–Kier alpha value is -1.56. The van der Waals surface area contributed by atoms with Crippen molar-refractivity contribution in [1.82, 2.24) is 19.4 Å². The molecule has 2 N–H and O–H groups in total. The van der Waals surface area contributed by atoms with E-state index >= 15 is 0 Å². The molecular formula is C28H46N4O5S2. The molecule has 220 valence electrons. The first-order valence-electron chi connectivity index (χ1n) is 14.8. The fourth-order valence-corrected chi connectivity index (χ4v) is 8.75. The van der Waals surface area contributed by atoms with E-state index in [1.165, 1.54) is 41.3 Å². The third-order valence-corrected chi connectivity index (χ3v) is 11.5. The maximum Gasteiger partial charge on any atom is 0.322 e. The standard InChI is InChI=1S/C28H46N4O5S2/c1-22-11-13-24(14-12-22)32(23-7-3-2-4-8-23)28(35)29-26-10-6-5-9-25(38-26)21-30-16-18-31(19-17-30)39(36,37)20-15-27(33)34/h9-10,22-24H,2-8,11-21H2,1H3,(H,29,35)(H,33,34). The molecule has 3 fully saturated rings. The largest absolute Gasteiger partial charge is 0.481 e. The highest BCUT2D eigenvalue weighted by Crippen LogP contribution is 2.34. The van der Waals surface area contributed by atoms with Gasteiger partial charge in [0.1, 0.15) is 0 Å². The molecule has 0 aromatic rings. The van der Waals surface area contributed by atoms with Gasteiger partial charge in [-0.2, -0.15) is 4.31 Å². The second-order valence-electron chi connectivity index (χ2n) is 11.6. The van der Waals surface area contributed by atoms with Gasteiger partial charge < -0.3 is 15.3 Å². The summed E-state index contributed by atoms with van der Waals surface area (Å²) in [4.78, 5) is 30.2. The summed E-state index contributed by atoms with van der Waals surface area (Å²) in [7, 11) is -3.55. The molecule has 0 aromatic carbocycles. The number of hydrogen-bond donors (Lipinski definition) is 2. The van der Waals surface area contributed by atoms with Crippen LogP contribution in [0.3, 0.4) is 0 Å². The van der Waals surface area contributed by atoms with Gasteiger partial charge in [-0.05, 0) is 57.3 Å². The average molecular weight is 583 g/mol. The third-order valence-electron chi connectivity index (χ3n) is 8.60. The lowest BCUT2D eigenvalue weighted by atomic mass is 9.84. The molecule has 39 heavy (non-hydrogen) atoms. The SMILES string of the molecule is CC1CCC(N(C(=O)NC2=CCCC=C(CN3CCN(S(=O)(=O)CCC(=O)O)CC3)S2)C2CCCCC2)CC1. The molecule has 2 heterocycles. The summed E-state index contributed by atoms with van der Waals surface area (Å²) in [6.07, 6.45) is 16.3. The molecule has 2 amide bonds. The van der Waals surface area contributed by atoms with Crippen LogP contribution in [0.25, 0.3) is 0 Å². The summed E-state index contributed by atoms with van der Waals surface area (Å²) in [5, 5.41) is 13.0. The van der Waals surface area contributed by atoms with Gasteiger partial charge in [-0.3, -0.25) is 9.69 Å². The lowest BCUT2D eigenvalue weighted by Crippen LogP contribution is -2.52. The Bertz CT molecular complexity index is 1010. The highest BCUT2D eigenvalue weighted by Gasteiger charge is 2.34. The molecule has 0 atom stereocenters. The smallest absolute Gasteiger partial charge is 0.322 e. The number of rotatable bonds is 9. The van der Waals surface area contributed by atoms with Gasteiger partial charge in [-0.25, -0.2) is 13.2 Å². The van der Waals surface area contributed by atoms with Crippen LogP contribution < -0.4 is 5.32 Å². The van der Waals surface area contributed by atoms with Crippen molar-refractivity contribution in [1.29, 1.82) is 0 Å². The Morgan fingerprint density at radius 1 is 0.974 bits per heavy atom. The van der Waals surface area contributed by atoms with E-state index in [1.54, 1.807) is 11.8 Å². The summed E-state index contributed by atoms with van der Waals surface area (Å²) in [6.45, 7) is 4.98. The molecule has 2 aliphatic carbocycles. The van der Waals surface area contributed by atoms with Crippen molar-refractivity contribution in [3.05, 3.63) is 22.1 Å². The van der Waals surface area contributed by atoms with Gasteiger partial charge in [-0.15, -0.1) is 0 Å². The second-order valence-corrected chi connectivity index (χ2v) is 14.9. The van der Waals surface area contributed by atoms with E-state index in [1.807, 2.05) is 0 Å². The van der Waals surface area contributed by atoms with E-state index in [4.69, 9.17) is 5.11 Å². The normalized spacial score (nSPS) is 26.3. The van der Waals surface area contributed by atoms with Crippen LogP contribution in [0.15, 0.2) is 22.1 Å². The minimum atomic E-state index is -3.55. The minimum absolute atomic E-state index is 0.0571. The number of hydrogen-bond acceptors (Lipinski definition) is 6. The summed E-state index contributed by atoms with van der Waals surface area (Å²) >= 11 is 1.63. The van der Waals surface area contributed by atoms with Gasteiger partial charge in [-0.1, -0.05) is 50.1 Å². The molecule has 0 aromatic heterocycles. The maximum absolute atomic E-state index is 13.8. The topological polar surface area (TPSA) is 110 Å². The number of carbonyl (C=O) groups excluding carboxylic acids is 1. The summed E-state index contributed by atoms with van der Waals surface area (Å²) in [6, 6.07) is 0.729. The zero-order valence-corrected chi connectivity index (χ0v) is 25.0. The summed E-state index contributed by atoms with van der Waals surface area (Å²) in [5.74, 6) is -0.702. The molecule has 0 unspecified atom stereocenters. The molecule has 0 bridgehead atoms. The molecule has 4 aliphatic rings. The number of sulfonamides is 1. The first-order chi connectivity index (χ1) is 18.7. The minimum Gasteiger partial charge on any atom is -0.481 e. The fraction of sp³-hybridized carbons (Fsp3) is 0.786. The number of aliphatic carboxylic acids is 1. The Kier molecular flexibility index (Phi) is 11.2. The van der Waals surface area contributed by atoms with E-state index in [-0.39, 0.29) is 18.2 Å². The van der Waals surface area contributed by atoms with E-state index in [2.05, 4.69) is 34.2 Å². The number of thioether (sulfide) groups is 1. The van der Waals surface area contributed by atoms with Crippen LogP contribution in [0, 0.1) is 5.92 Å². The Balaban J connectivity index is 1.31. The molecule has 11 heteroatoms. The first-order valence-corrected chi connectivity index (χ1v) is 17.2. The van der Waals surface area contributed by atoms with Gasteiger partial charge in [0, 0.05) is 49.7 Å². The predicted molar refractivity (Wildman–Crippen MR) is 156 cm³/mol. The number of carboxylic acid groups (broad SMARTS) is 1. The molecule has 4 rings (SSSR count). The van der Waals surface area contributed by atoms with Crippen molar-refractivity contribution in [2.75, 3.05) is 38.5 Å². The number of carboxylic acids is 1. The van der Waals surface area contributed by atoms with Crippen LogP contribution in [-0.2, 0) is 14.8 Å². The van der Waals surface area contributed by atoms with Crippen molar-refractivity contribution in [3.8, 4) is 0 Å². The van der Waals surface area contributed by atoms with Crippen LogP contribution in [0.1, 0.15) is 84.0 Å². The number of carbonyl (C=O) groups is 2. The zero-order chi connectivity index (χ0) is 27.8. The highest BCUT2D eigenvalue weighted by molar-refractivity contribution is 8.06. The van der Waals surface area contributed by atoms with Gasteiger partial charge in [0.15, 0.2) is 0 Å². The number of allylic oxidation sites excluding steroid dienone is 2. The van der Waals surface area contributed by atoms with E-state index in [9.17, 15) is 18.0 Å². The van der Waals surface area contributed by atoms with Crippen molar-refractivity contribution in [2.24, 2.45) is 5.92 Å². The van der Waals surface area contributed by atoms with Crippen LogP contribution in [0.5, 0.6) is 0 Å². The van der Waals surface area contributed by atoms with E-state index in [0.717, 1.165) is 49.5 Å². The maximum atomic E-state index is 13.8. The second kappa shape index (κ2) is 14.4. The lowest BCUT2D eigenvalue weighted by Gasteiger charge is -2.42. The van der Waals surface area contributed by atoms with Crippen LogP contribution in [-0.4, -0.2) is 90.2 Å².